The van der Waals surface area contributed by atoms with Crippen LogP contribution in [-0.2, 0) is 11.3 Å². The lowest BCUT2D eigenvalue weighted by Crippen LogP contribution is -2.12. The molecule has 0 spiro atoms. The van der Waals surface area contributed by atoms with Gasteiger partial charge in [-0.05, 0) is 193 Å². The summed E-state index contributed by atoms with van der Waals surface area (Å²) >= 11 is 0. The molecule has 0 saturated carbocycles. The van der Waals surface area contributed by atoms with Gasteiger partial charge in [0.25, 0.3) is 0 Å². The van der Waals surface area contributed by atoms with Crippen LogP contribution in [0.1, 0.15) is 84.2 Å². The van der Waals surface area contributed by atoms with Crippen LogP contribution in [0.5, 0.6) is 23.0 Å². The van der Waals surface area contributed by atoms with Gasteiger partial charge in [-0.1, -0.05) is 34.7 Å². The van der Waals surface area contributed by atoms with Crippen molar-refractivity contribution in [3.63, 3.8) is 0 Å². The molecule has 14 nitrogen and oxygen atoms in total. The number of aromatic nitrogens is 6. The van der Waals surface area contributed by atoms with Crippen molar-refractivity contribution in [2.24, 2.45) is 11.5 Å². The van der Waals surface area contributed by atoms with Crippen LogP contribution < -0.4 is 30.4 Å². The van der Waals surface area contributed by atoms with Gasteiger partial charge < -0.3 is 35.2 Å². The van der Waals surface area contributed by atoms with Gasteiger partial charge in [0.15, 0.2) is 0 Å². The second-order valence-electron chi connectivity index (χ2n) is 17.5. The second-order valence-corrected chi connectivity index (χ2v) is 17.5. The van der Waals surface area contributed by atoms with Gasteiger partial charge in [-0.2, -0.15) is 0 Å². The maximum atomic E-state index is 12.2. The Hall–Kier alpha value is -7.29. The minimum absolute atomic E-state index is 0.0798. The largest absolute Gasteiger partial charge is 0.491 e. The third kappa shape index (κ3) is 12.4. The molecule has 3 heterocycles. The van der Waals surface area contributed by atoms with Gasteiger partial charge in [0.2, 0.25) is 5.91 Å². The Bertz CT molecular complexity index is 2880. The number of ether oxygens (including phenoxy) is 5. The van der Waals surface area contributed by atoms with Crippen molar-refractivity contribution >= 4 is 28.0 Å². The van der Waals surface area contributed by atoms with Crippen LogP contribution in [0.3, 0.4) is 0 Å². The van der Waals surface area contributed by atoms with E-state index in [2.05, 4.69) is 38.8 Å². The minimum Gasteiger partial charge on any atom is -0.491 e. The number of nitrogens with zero attached hydrogens (tertiary/aromatic N) is 6. The molecule has 1 saturated heterocycles. The molecule has 0 aliphatic carbocycles. The summed E-state index contributed by atoms with van der Waals surface area (Å²) in [4.78, 5) is 12.2. The highest BCUT2D eigenvalue weighted by Gasteiger charge is 2.18. The number of carbonyl (C=O) groups is 1. The van der Waals surface area contributed by atoms with Crippen molar-refractivity contribution in [2.75, 3.05) is 13.2 Å². The average molecular weight is 919 g/mol. The highest BCUT2D eigenvalue weighted by molar-refractivity contribution is 6.03. The Morgan fingerprint density at radius 1 is 0.544 bits per heavy atom. The van der Waals surface area contributed by atoms with E-state index in [1.54, 1.807) is 10.7 Å². The van der Waals surface area contributed by atoms with E-state index in [-0.39, 0.29) is 24.4 Å². The van der Waals surface area contributed by atoms with E-state index in [0.717, 1.165) is 86.4 Å². The van der Waals surface area contributed by atoms with Crippen molar-refractivity contribution in [1.82, 2.24) is 30.0 Å². The Kier molecular flexibility index (Phi) is 16.1. The molecule has 354 valence electrons. The highest BCUT2D eigenvalue weighted by atomic mass is 16.5. The van der Waals surface area contributed by atoms with Gasteiger partial charge in [0, 0.05) is 25.3 Å². The van der Waals surface area contributed by atoms with E-state index in [4.69, 9.17) is 35.2 Å². The van der Waals surface area contributed by atoms with E-state index < -0.39 is 5.91 Å². The number of nitrogens with two attached hydrogens (primary N) is 2. The highest BCUT2D eigenvalue weighted by Crippen LogP contribution is 2.33. The number of hydrogen-bond acceptors (Lipinski definition) is 11. The quantitative estimate of drug-likeness (QED) is 0.106. The summed E-state index contributed by atoms with van der Waals surface area (Å²) in [6, 6.07) is 38.9. The molecule has 0 unspecified atom stereocenters. The monoisotopic (exact) mass is 918 g/mol. The van der Waals surface area contributed by atoms with Crippen LogP contribution in [-0.4, -0.2) is 73.5 Å². The standard InChI is InChI=1S/C25H26N4O3.C25H28N4O2.C4H8O/c1-15(2)31-19-9-5-17(6-10-19)21-14-24-23(13-22(21)25(26)30)27-28-29(24)18-7-11-20(12-8-18)32-16(3)4;1-16(2)30-21-9-5-18(6-10-21)23-14-25-24(13-19(23)15-26)27-28-29(25)20-7-11-22(12-8-20)31-17(3)4;1-2-4-5-3-1/h5-16H,1-4H3,(H2,26,30);5-14,16-17H,15,26H2,1-4H3;1-4H2. The lowest BCUT2D eigenvalue weighted by Gasteiger charge is -2.13. The SMILES string of the molecule is C1CCOC1.CC(C)Oc1ccc(-c2cc3c(cc2C(N)=O)nnn3-c2ccc(OC(C)C)cc2)cc1.CC(C)Oc1ccc(-c2cc3c(cc2CN)nnn3-c2ccc(OC(C)C)cc2)cc1. The summed E-state index contributed by atoms with van der Waals surface area (Å²) < 4.78 is 31.5. The second kappa shape index (κ2) is 22.5. The maximum Gasteiger partial charge on any atom is 0.249 e. The fraction of sp³-hybridized carbons (Fsp3) is 0.315. The van der Waals surface area contributed by atoms with Crippen molar-refractivity contribution < 1.29 is 28.5 Å². The molecule has 0 atom stereocenters. The van der Waals surface area contributed by atoms with Crippen molar-refractivity contribution in [1.29, 1.82) is 0 Å². The third-order valence-corrected chi connectivity index (χ3v) is 10.5. The van der Waals surface area contributed by atoms with Crippen molar-refractivity contribution in [2.45, 2.75) is 99.2 Å². The molecule has 0 radical (unpaired) electrons. The molecular formula is C54H62N8O6. The molecule has 4 N–H and O–H groups in total. The number of benzene rings is 6. The molecule has 2 aromatic heterocycles. The smallest absolute Gasteiger partial charge is 0.249 e. The van der Waals surface area contributed by atoms with Crippen LogP contribution in [0.2, 0.25) is 0 Å². The Morgan fingerprint density at radius 3 is 1.26 bits per heavy atom. The Balaban J connectivity index is 0.000000182. The summed E-state index contributed by atoms with van der Waals surface area (Å²) in [6.07, 6.45) is 3.00. The molecule has 14 heteroatoms. The van der Waals surface area contributed by atoms with Crippen molar-refractivity contribution in [3.8, 4) is 56.6 Å². The molecule has 8 aromatic rings. The zero-order valence-electron chi connectivity index (χ0n) is 40.2. The zero-order chi connectivity index (χ0) is 48.3. The van der Waals surface area contributed by atoms with E-state index in [0.29, 0.717) is 23.2 Å². The number of rotatable bonds is 14. The van der Waals surface area contributed by atoms with Crippen molar-refractivity contribution in [3.05, 3.63) is 132 Å². The Labute approximate surface area is 398 Å². The van der Waals surface area contributed by atoms with Crippen LogP contribution in [0.4, 0.5) is 0 Å². The van der Waals surface area contributed by atoms with Gasteiger partial charge in [0.05, 0.1) is 46.8 Å². The van der Waals surface area contributed by atoms with E-state index in [9.17, 15) is 4.79 Å². The first-order chi connectivity index (χ1) is 32.8. The maximum absolute atomic E-state index is 12.2. The molecule has 1 aliphatic heterocycles. The number of primary amides is 1. The van der Waals surface area contributed by atoms with Crippen LogP contribution in [0.25, 0.3) is 55.7 Å². The fourth-order valence-corrected chi connectivity index (χ4v) is 7.60. The summed E-state index contributed by atoms with van der Waals surface area (Å²) in [5, 5.41) is 17.3. The topological polar surface area (TPSA) is 177 Å². The summed E-state index contributed by atoms with van der Waals surface area (Å²) in [5.41, 5.74) is 21.7. The zero-order valence-corrected chi connectivity index (χ0v) is 40.2. The van der Waals surface area contributed by atoms with Gasteiger partial charge in [-0.15, -0.1) is 10.2 Å². The third-order valence-electron chi connectivity index (χ3n) is 10.5. The predicted octanol–water partition coefficient (Wildman–Crippen LogP) is 10.7. The number of hydrogen-bond donors (Lipinski definition) is 2. The van der Waals surface area contributed by atoms with Crippen LogP contribution >= 0.6 is 0 Å². The normalized spacial score (nSPS) is 12.3. The molecule has 68 heavy (non-hydrogen) atoms. The first kappa shape index (κ1) is 48.6. The molecule has 0 bridgehead atoms. The van der Waals surface area contributed by atoms with Gasteiger partial charge in [-0.3, -0.25) is 4.79 Å². The number of fused-ring (bicyclic) bond motifs is 2. The Morgan fingerprint density at radius 2 is 0.912 bits per heavy atom. The van der Waals surface area contributed by atoms with E-state index in [1.807, 2.05) is 157 Å². The van der Waals surface area contributed by atoms with E-state index in [1.165, 1.54) is 12.8 Å². The molecule has 1 aliphatic rings. The lowest BCUT2D eigenvalue weighted by molar-refractivity contribution is 0.100. The van der Waals surface area contributed by atoms with Crippen LogP contribution in [0, 0.1) is 0 Å². The molecule has 9 rings (SSSR count). The first-order valence-electron chi connectivity index (χ1n) is 23.2. The summed E-state index contributed by atoms with van der Waals surface area (Å²) in [5.74, 6) is 2.71. The predicted molar refractivity (Wildman–Crippen MR) is 268 cm³/mol. The average Bonchev–Trinajstić information content (AvgIpc) is 4.12. The number of amides is 1. The first-order valence-corrected chi connectivity index (χ1v) is 23.2. The molecule has 6 aromatic carbocycles. The van der Waals surface area contributed by atoms with Crippen LogP contribution in [0.15, 0.2) is 121 Å². The number of carbonyl (C=O) groups excluding carboxylic acids is 1. The molecule has 1 amide bonds. The van der Waals surface area contributed by atoms with Gasteiger partial charge >= 0.3 is 0 Å². The molecular weight excluding hydrogens is 857 g/mol. The summed E-state index contributed by atoms with van der Waals surface area (Å²) in [6.45, 7) is 18.4. The van der Waals surface area contributed by atoms with E-state index >= 15 is 0 Å². The summed E-state index contributed by atoms with van der Waals surface area (Å²) in [7, 11) is 0. The lowest BCUT2D eigenvalue weighted by atomic mass is 9.98. The molecule has 1 fully saturated rings. The van der Waals surface area contributed by atoms with Gasteiger partial charge in [-0.25, -0.2) is 9.36 Å². The fourth-order valence-electron chi connectivity index (χ4n) is 7.60. The minimum atomic E-state index is -0.519. The van der Waals surface area contributed by atoms with Gasteiger partial charge in [0.1, 0.15) is 34.0 Å².